The van der Waals surface area contributed by atoms with Gasteiger partial charge in [0.25, 0.3) is 5.88 Å². The van der Waals surface area contributed by atoms with Crippen LogP contribution in [-0.2, 0) is 11.3 Å². The van der Waals surface area contributed by atoms with Crippen molar-refractivity contribution in [1.29, 1.82) is 0 Å². The summed E-state index contributed by atoms with van der Waals surface area (Å²) < 4.78 is 31.0. The van der Waals surface area contributed by atoms with Crippen molar-refractivity contribution in [2.45, 2.75) is 26.9 Å². The third-order valence-corrected chi connectivity index (χ3v) is 4.24. The van der Waals surface area contributed by atoms with Crippen LogP contribution in [-0.4, -0.2) is 21.6 Å². The Morgan fingerprint density at radius 2 is 1.97 bits per heavy atom. The van der Waals surface area contributed by atoms with Crippen LogP contribution in [0.25, 0.3) is 0 Å². The van der Waals surface area contributed by atoms with Crippen LogP contribution in [0.3, 0.4) is 0 Å². The Bertz CT molecular complexity index is 1020. The quantitative estimate of drug-likeness (QED) is 0.409. The molecule has 0 amide bonds. The molecule has 6 nitrogen and oxygen atoms in total. The molecule has 0 aliphatic heterocycles. The minimum atomic E-state index is -0.504. The van der Waals surface area contributed by atoms with Crippen LogP contribution in [0.4, 0.5) is 4.39 Å². The lowest BCUT2D eigenvalue weighted by Crippen LogP contribution is -2.07. The highest BCUT2D eigenvalue weighted by atomic mass is 35.5. The van der Waals surface area contributed by atoms with Crippen molar-refractivity contribution in [2.75, 3.05) is 6.61 Å². The molecule has 3 heterocycles. The van der Waals surface area contributed by atoms with Gasteiger partial charge in [-0.25, -0.2) is 14.4 Å². The fraction of sp³-hybridized carbons (Fsp3) is 0.227. The number of rotatable bonds is 9. The summed E-state index contributed by atoms with van der Waals surface area (Å²) in [7, 11) is 0. The molecule has 0 atom stereocenters. The Hall–Kier alpha value is -3.19. The molecular formula is C22H21ClFN3O3. The zero-order valence-electron chi connectivity index (χ0n) is 16.6. The maximum Gasteiger partial charge on any atom is 0.258 e. The number of aryl methyl sites for hydroxylation is 1. The summed E-state index contributed by atoms with van der Waals surface area (Å²) in [6, 6.07) is 8.29. The highest BCUT2D eigenvalue weighted by molar-refractivity contribution is 6.31. The molecule has 0 saturated heterocycles. The van der Waals surface area contributed by atoms with E-state index in [1.54, 1.807) is 30.7 Å². The largest absolute Gasteiger partial charge is 0.490 e. The molecule has 0 aromatic carbocycles. The second-order valence-corrected chi connectivity index (χ2v) is 6.67. The highest BCUT2D eigenvalue weighted by Crippen LogP contribution is 2.33. The molecule has 156 valence electrons. The lowest BCUT2D eigenvalue weighted by atomic mass is 10.3. The van der Waals surface area contributed by atoms with E-state index in [4.69, 9.17) is 25.8 Å². The maximum atomic E-state index is 13.6. The summed E-state index contributed by atoms with van der Waals surface area (Å²) in [6.45, 7) is 4.10. The lowest BCUT2D eigenvalue weighted by Gasteiger charge is -2.14. The van der Waals surface area contributed by atoms with E-state index < -0.39 is 5.82 Å². The van der Waals surface area contributed by atoms with Crippen LogP contribution in [0, 0.1) is 12.7 Å². The third kappa shape index (κ3) is 5.90. The van der Waals surface area contributed by atoms with E-state index in [1.807, 2.05) is 25.1 Å². The van der Waals surface area contributed by atoms with Gasteiger partial charge < -0.3 is 14.2 Å². The van der Waals surface area contributed by atoms with Gasteiger partial charge in [0.15, 0.2) is 5.75 Å². The lowest BCUT2D eigenvalue weighted by molar-refractivity contribution is 0.153. The molecule has 0 aliphatic rings. The summed E-state index contributed by atoms with van der Waals surface area (Å²) in [6.07, 6.45) is 7.73. The molecule has 0 unspecified atom stereocenters. The number of hydrogen-bond donors (Lipinski definition) is 0. The predicted molar refractivity (Wildman–Crippen MR) is 111 cm³/mol. The molecule has 3 rings (SSSR count). The van der Waals surface area contributed by atoms with Crippen molar-refractivity contribution in [1.82, 2.24) is 15.0 Å². The standard InChI is InChI=1S/C22H21ClFN3O3/c1-3-5-17(28-13-16-7-10-25-11-8-16)14-29-22-20(6-4-9-26-22)30-21-18(23)12-19(24)15(2)27-21/h4-12H,3,13-14H2,1-2H3. The molecule has 0 spiro atoms. The molecule has 0 bridgehead atoms. The molecule has 8 heteroatoms. The second kappa shape index (κ2) is 10.5. The molecule has 0 fully saturated rings. The Labute approximate surface area is 179 Å². The van der Waals surface area contributed by atoms with Crippen LogP contribution < -0.4 is 9.47 Å². The van der Waals surface area contributed by atoms with Gasteiger partial charge in [-0.05, 0) is 55.3 Å². The van der Waals surface area contributed by atoms with Gasteiger partial charge in [-0.15, -0.1) is 0 Å². The number of hydrogen-bond acceptors (Lipinski definition) is 6. The van der Waals surface area contributed by atoms with Crippen molar-refractivity contribution in [3.8, 4) is 17.5 Å². The third-order valence-electron chi connectivity index (χ3n) is 3.97. The summed E-state index contributed by atoms with van der Waals surface area (Å²) in [5.41, 5.74) is 1.18. The second-order valence-electron chi connectivity index (χ2n) is 6.26. The van der Waals surface area contributed by atoms with Gasteiger partial charge in [0, 0.05) is 18.6 Å². The Balaban J connectivity index is 1.69. The van der Waals surface area contributed by atoms with Crippen LogP contribution in [0.1, 0.15) is 24.6 Å². The zero-order chi connectivity index (χ0) is 21.3. The number of allylic oxidation sites excluding steroid dienone is 1. The van der Waals surface area contributed by atoms with Crippen molar-refractivity contribution in [3.05, 3.63) is 82.9 Å². The van der Waals surface area contributed by atoms with Crippen molar-refractivity contribution in [2.24, 2.45) is 0 Å². The molecule has 0 N–H and O–H groups in total. The van der Waals surface area contributed by atoms with Gasteiger partial charge in [0.1, 0.15) is 29.8 Å². The summed E-state index contributed by atoms with van der Waals surface area (Å²) in [4.78, 5) is 12.2. The van der Waals surface area contributed by atoms with E-state index >= 15 is 0 Å². The van der Waals surface area contributed by atoms with E-state index in [1.165, 1.54) is 6.92 Å². The molecule has 0 saturated carbocycles. The van der Waals surface area contributed by atoms with Crippen molar-refractivity contribution < 1.29 is 18.6 Å². The Morgan fingerprint density at radius 1 is 1.17 bits per heavy atom. The molecule has 0 aliphatic carbocycles. The minimum absolute atomic E-state index is 0.0557. The first-order valence-electron chi connectivity index (χ1n) is 9.36. The van der Waals surface area contributed by atoms with Gasteiger partial charge in [0.05, 0.1) is 5.69 Å². The first-order valence-corrected chi connectivity index (χ1v) is 9.73. The number of halogens is 2. The van der Waals surface area contributed by atoms with Crippen LogP contribution >= 0.6 is 11.6 Å². The fourth-order valence-corrected chi connectivity index (χ4v) is 2.63. The zero-order valence-corrected chi connectivity index (χ0v) is 17.4. The SMILES string of the molecule is CCC=C(COc1ncccc1Oc1nc(C)c(F)cc1Cl)OCc1ccncc1. The number of aromatic nitrogens is 3. The smallest absolute Gasteiger partial charge is 0.258 e. The van der Waals surface area contributed by atoms with Crippen molar-refractivity contribution >= 4 is 11.6 Å². The van der Waals surface area contributed by atoms with Crippen LogP contribution in [0.2, 0.25) is 5.02 Å². The first-order chi connectivity index (χ1) is 14.6. The van der Waals surface area contributed by atoms with Gasteiger partial charge in [-0.2, -0.15) is 0 Å². The summed E-state index contributed by atoms with van der Waals surface area (Å²) in [5, 5.41) is 0.0557. The van der Waals surface area contributed by atoms with E-state index in [2.05, 4.69) is 15.0 Å². The summed E-state index contributed by atoms with van der Waals surface area (Å²) >= 11 is 6.05. The normalized spacial score (nSPS) is 11.3. The average molecular weight is 430 g/mol. The van der Waals surface area contributed by atoms with Gasteiger partial charge in [-0.1, -0.05) is 18.5 Å². The number of nitrogens with zero attached hydrogens (tertiary/aromatic N) is 3. The van der Waals surface area contributed by atoms with Gasteiger partial charge in [0.2, 0.25) is 5.88 Å². The summed E-state index contributed by atoms with van der Waals surface area (Å²) in [5.74, 6) is 0.789. The van der Waals surface area contributed by atoms with E-state index in [-0.39, 0.29) is 29.1 Å². The fourth-order valence-electron chi connectivity index (χ4n) is 2.46. The van der Waals surface area contributed by atoms with E-state index in [9.17, 15) is 4.39 Å². The minimum Gasteiger partial charge on any atom is -0.490 e. The predicted octanol–water partition coefficient (Wildman–Crippen LogP) is 5.65. The first kappa shape index (κ1) is 21.5. The van der Waals surface area contributed by atoms with E-state index in [0.717, 1.165) is 18.1 Å². The molecule has 3 aromatic rings. The number of pyridine rings is 3. The number of ether oxygens (including phenoxy) is 3. The topological polar surface area (TPSA) is 66.4 Å². The van der Waals surface area contributed by atoms with Crippen molar-refractivity contribution in [3.63, 3.8) is 0 Å². The maximum absolute atomic E-state index is 13.6. The Kier molecular flexibility index (Phi) is 7.57. The van der Waals surface area contributed by atoms with Gasteiger partial charge in [-0.3, -0.25) is 4.98 Å². The van der Waals surface area contributed by atoms with Gasteiger partial charge >= 0.3 is 0 Å². The average Bonchev–Trinajstić information content (AvgIpc) is 2.75. The molecular weight excluding hydrogens is 409 g/mol. The molecule has 0 radical (unpaired) electrons. The van der Waals surface area contributed by atoms with Crippen LogP contribution in [0.5, 0.6) is 17.5 Å². The molecule has 3 aromatic heterocycles. The highest BCUT2D eigenvalue weighted by Gasteiger charge is 2.14. The monoisotopic (exact) mass is 429 g/mol. The van der Waals surface area contributed by atoms with E-state index in [0.29, 0.717) is 18.1 Å². The Morgan fingerprint density at radius 3 is 2.73 bits per heavy atom. The van der Waals surface area contributed by atoms with Crippen LogP contribution in [0.15, 0.2) is 60.8 Å². The molecule has 30 heavy (non-hydrogen) atoms.